The van der Waals surface area contributed by atoms with Crippen LogP contribution in [-0.2, 0) is 4.79 Å². The number of benzene rings is 2. The molecule has 7 nitrogen and oxygen atoms in total. The highest BCUT2D eigenvalue weighted by Gasteiger charge is 2.54. The molecule has 5 rings (SSSR count). The third kappa shape index (κ3) is 2.18. The molecule has 4 aliphatic rings. The summed E-state index contributed by atoms with van der Waals surface area (Å²) in [7, 11) is 0. The minimum Gasteiger partial charge on any atom is -0.504 e. The number of rotatable bonds is 2. The summed E-state index contributed by atoms with van der Waals surface area (Å²) in [6.45, 7) is 2.01. The normalized spacial score (nSPS) is 27.8. The molecule has 0 amide bonds. The van der Waals surface area contributed by atoms with Crippen molar-refractivity contribution in [3.63, 3.8) is 0 Å². The molecule has 3 aliphatic carbocycles. The maximum Gasteiger partial charge on any atom is 0.307 e. The number of carboxylic acids is 1. The number of hydrogen-bond acceptors (Lipinski definition) is 6. The molecule has 1 aromatic carbocycles. The first-order valence-corrected chi connectivity index (χ1v) is 9.35. The minimum absolute atomic E-state index is 0.0556. The second-order valence-corrected chi connectivity index (χ2v) is 7.90. The molecule has 0 saturated heterocycles. The predicted molar refractivity (Wildman–Crippen MR) is 103 cm³/mol. The van der Waals surface area contributed by atoms with Crippen molar-refractivity contribution in [1.29, 1.82) is 0 Å². The topological polar surface area (TPSA) is 128 Å². The molecule has 1 saturated carbocycles. The van der Waals surface area contributed by atoms with Crippen molar-refractivity contribution in [2.45, 2.75) is 12.8 Å². The number of phenols is 3. The number of aliphatic carboxylic acids is 1. The lowest BCUT2D eigenvalue weighted by molar-refractivity contribution is -0.143. The van der Waals surface area contributed by atoms with E-state index in [9.17, 15) is 30.0 Å². The van der Waals surface area contributed by atoms with Crippen LogP contribution < -0.4 is 5.43 Å². The van der Waals surface area contributed by atoms with Gasteiger partial charge in [0.15, 0.2) is 17.1 Å². The van der Waals surface area contributed by atoms with E-state index < -0.39 is 40.5 Å². The molecule has 1 fully saturated rings. The van der Waals surface area contributed by atoms with Crippen molar-refractivity contribution in [3.8, 4) is 28.6 Å². The molecule has 0 spiro atoms. The van der Waals surface area contributed by atoms with Crippen LogP contribution in [0.5, 0.6) is 17.2 Å². The van der Waals surface area contributed by atoms with E-state index in [0.717, 1.165) is 0 Å². The summed E-state index contributed by atoms with van der Waals surface area (Å²) in [5.41, 5.74) is 0.256. The fraction of sp³-hybridized carbons (Fsp3) is 0.273. The molecule has 1 aromatic rings. The standard InChI is InChI=1S/C22H18O7/c1-8-9-2-3-10(8)17(22(27)28)16(9)15-11-4-6-13(23)18(25)20(11)29-21-12(15)5-7-14(24)19(21)26/h2-10,16-17,23,25-26H,1H3,(H,27,28)/t8-,9+,10-,16-,17+/m0/s1. The highest BCUT2D eigenvalue weighted by Crippen LogP contribution is 2.59. The fourth-order valence-corrected chi connectivity index (χ4v) is 5.28. The molecule has 4 N–H and O–H groups in total. The largest absolute Gasteiger partial charge is 0.504 e. The second-order valence-electron chi connectivity index (χ2n) is 7.90. The molecule has 0 aromatic heterocycles. The first kappa shape index (κ1) is 17.6. The van der Waals surface area contributed by atoms with Gasteiger partial charge in [0.1, 0.15) is 0 Å². The van der Waals surface area contributed by atoms with Gasteiger partial charge in [0, 0.05) is 16.9 Å². The third-order valence-electron chi connectivity index (χ3n) is 6.59. The molecule has 29 heavy (non-hydrogen) atoms. The molecule has 1 heterocycles. The van der Waals surface area contributed by atoms with Crippen LogP contribution in [0.4, 0.5) is 0 Å². The van der Waals surface area contributed by atoms with Crippen molar-refractivity contribution in [2.75, 3.05) is 0 Å². The first-order valence-electron chi connectivity index (χ1n) is 9.35. The summed E-state index contributed by atoms with van der Waals surface area (Å²) >= 11 is 0. The molecule has 1 aliphatic heterocycles. The van der Waals surface area contributed by atoms with Crippen molar-refractivity contribution >= 4 is 16.9 Å². The summed E-state index contributed by atoms with van der Waals surface area (Å²) in [5.74, 6) is -3.84. The SMILES string of the molecule is C[C@H]1[C@H]2C=C[C@@H]1[C@@H](C(=O)O)[C@@H]2c1c2ccc(=O)c(O)c-2oc2c(O)c(O)ccc12. The zero-order chi connectivity index (χ0) is 20.6. The third-order valence-corrected chi connectivity index (χ3v) is 6.59. The van der Waals surface area contributed by atoms with E-state index in [-0.39, 0.29) is 29.1 Å². The van der Waals surface area contributed by atoms with Crippen molar-refractivity contribution in [1.82, 2.24) is 0 Å². The van der Waals surface area contributed by atoms with Gasteiger partial charge in [-0.1, -0.05) is 19.1 Å². The van der Waals surface area contributed by atoms with E-state index in [1.54, 1.807) is 6.07 Å². The zero-order valence-electron chi connectivity index (χ0n) is 15.4. The van der Waals surface area contributed by atoms with Crippen LogP contribution in [0.25, 0.3) is 22.3 Å². The smallest absolute Gasteiger partial charge is 0.307 e. The van der Waals surface area contributed by atoms with Crippen LogP contribution in [0.3, 0.4) is 0 Å². The van der Waals surface area contributed by atoms with Crippen LogP contribution in [0.1, 0.15) is 18.4 Å². The van der Waals surface area contributed by atoms with Gasteiger partial charge < -0.3 is 24.8 Å². The number of fused-ring (bicyclic) bond motifs is 4. The number of carbonyl (C=O) groups is 1. The lowest BCUT2D eigenvalue weighted by Crippen LogP contribution is -2.26. The monoisotopic (exact) mass is 394 g/mol. The Morgan fingerprint density at radius 3 is 2.45 bits per heavy atom. The average Bonchev–Trinajstić information content (AvgIpc) is 3.19. The molecule has 148 valence electrons. The van der Waals surface area contributed by atoms with Gasteiger partial charge in [0.05, 0.1) is 5.92 Å². The van der Waals surface area contributed by atoms with Crippen LogP contribution in [0, 0.1) is 23.7 Å². The van der Waals surface area contributed by atoms with Gasteiger partial charge >= 0.3 is 5.97 Å². The summed E-state index contributed by atoms with van der Waals surface area (Å²) in [6.07, 6.45) is 3.96. The maximum atomic E-state index is 12.2. The van der Waals surface area contributed by atoms with Crippen molar-refractivity contribution < 1.29 is 29.6 Å². The van der Waals surface area contributed by atoms with E-state index in [4.69, 9.17) is 4.42 Å². The number of phenolic OH excluding ortho intramolecular Hbond substituents is 3. The Labute approximate surface area is 164 Å². The Kier molecular flexibility index (Phi) is 3.50. The van der Waals surface area contributed by atoms with Crippen LogP contribution >= 0.6 is 0 Å². The molecule has 5 atom stereocenters. The quantitative estimate of drug-likeness (QED) is 0.298. The average molecular weight is 394 g/mol. The lowest BCUT2D eigenvalue weighted by Gasteiger charge is -2.29. The highest BCUT2D eigenvalue weighted by atomic mass is 16.4. The molecule has 0 unspecified atom stereocenters. The Morgan fingerprint density at radius 1 is 1.00 bits per heavy atom. The van der Waals surface area contributed by atoms with Gasteiger partial charge in [-0.25, -0.2) is 0 Å². The summed E-state index contributed by atoms with van der Waals surface area (Å²) < 4.78 is 5.65. The predicted octanol–water partition coefficient (Wildman–Crippen LogP) is 3.25. The molecule has 7 heteroatoms. The van der Waals surface area contributed by atoms with E-state index in [1.807, 2.05) is 19.1 Å². The summed E-state index contributed by atoms with van der Waals surface area (Å²) in [6, 6.07) is 5.60. The fourth-order valence-electron chi connectivity index (χ4n) is 5.28. The summed E-state index contributed by atoms with van der Waals surface area (Å²) in [4.78, 5) is 24.2. The molecular weight excluding hydrogens is 376 g/mol. The molecule has 0 radical (unpaired) electrons. The van der Waals surface area contributed by atoms with Gasteiger partial charge in [-0.2, -0.15) is 0 Å². The first-order chi connectivity index (χ1) is 13.8. The number of carboxylic acid groups (broad SMARTS) is 1. The highest BCUT2D eigenvalue weighted by molar-refractivity contribution is 5.95. The lowest BCUT2D eigenvalue weighted by atomic mass is 9.75. The Balaban J connectivity index is 1.93. The number of aromatic hydroxyl groups is 3. The van der Waals surface area contributed by atoms with Crippen LogP contribution in [0.2, 0.25) is 0 Å². The van der Waals surface area contributed by atoms with Crippen LogP contribution in [-0.4, -0.2) is 26.4 Å². The van der Waals surface area contributed by atoms with Gasteiger partial charge in [0.25, 0.3) is 0 Å². The van der Waals surface area contributed by atoms with E-state index in [1.165, 1.54) is 18.2 Å². The number of allylic oxidation sites excluding steroid dienone is 2. The van der Waals surface area contributed by atoms with Crippen molar-refractivity contribution in [3.05, 3.63) is 52.2 Å². The van der Waals surface area contributed by atoms with Gasteiger partial charge in [-0.15, -0.1) is 0 Å². The number of hydrogen-bond donors (Lipinski definition) is 4. The minimum atomic E-state index is -0.923. The van der Waals surface area contributed by atoms with E-state index >= 15 is 0 Å². The Bertz CT molecular complexity index is 1240. The summed E-state index contributed by atoms with van der Waals surface area (Å²) in [5, 5.41) is 41.0. The van der Waals surface area contributed by atoms with E-state index in [0.29, 0.717) is 16.5 Å². The Hall–Kier alpha value is -3.48. The Morgan fingerprint density at radius 2 is 1.72 bits per heavy atom. The van der Waals surface area contributed by atoms with Gasteiger partial charge in [0.2, 0.25) is 16.9 Å². The van der Waals surface area contributed by atoms with Gasteiger partial charge in [-0.05, 0) is 47.6 Å². The van der Waals surface area contributed by atoms with Crippen molar-refractivity contribution in [2.24, 2.45) is 23.7 Å². The second kappa shape index (κ2) is 5.76. The van der Waals surface area contributed by atoms with Crippen LogP contribution in [0.15, 0.2) is 45.6 Å². The zero-order valence-corrected chi connectivity index (χ0v) is 15.4. The van der Waals surface area contributed by atoms with E-state index in [2.05, 4.69) is 0 Å². The maximum absolute atomic E-state index is 12.2. The molecule has 2 bridgehead atoms. The van der Waals surface area contributed by atoms with Gasteiger partial charge in [-0.3, -0.25) is 9.59 Å². The molecular formula is C22H18O7.